The lowest BCUT2D eigenvalue weighted by molar-refractivity contribution is -0.385. The highest BCUT2D eigenvalue weighted by Crippen LogP contribution is 2.29. The van der Waals surface area contributed by atoms with Gasteiger partial charge in [0.15, 0.2) is 0 Å². The smallest absolute Gasteiger partial charge is 0.287 e. The number of hydrogen-bond donors (Lipinski definition) is 0. The van der Waals surface area contributed by atoms with Gasteiger partial charge in [-0.1, -0.05) is 18.2 Å². The van der Waals surface area contributed by atoms with E-state index in [-0.39, 0.29) is 11.3 Å². The van der Waals surface area contributed by atoms with Crippen LogP contribution in [0, 0.1) is 21.4 Å². The standard InChI is InChI=1S/C19H12N2O4/c20-13-14-12-18(10-11-19(14)21(22)23)25-17-8-6-16(7-9-17)24-15-4-2-1-3-5-15/h1-12H. The molecular weight excluding hydrogens is 320 g/mol. The Hall–Kier alpha value is -3.85. The van der Waals surface area contributed by atoms with E-state index in [0.29, 0.717) is 17.2 Å². The molecule has 0 saturated heterocycles. The van der Waals surface area contributed by atoms with E-state index in [9.17, 15) is 10.1 Å². The molecule has 0 atom stereocenters. The highest BCUT2D eigenvalue weighted by atomic mass is 16.6. The third kappa shape index (κ3) is 3.92. The van der Waals surface area contributed by atoms with Crippen molar-refractivity contribution in [1.29, 1.82) is 5.26 Å². The van der Waals surface area contributed by atoms with Gasteiger partial charge >= 0.3 is 0 Å². The zero-order valence-electron chi connectivity index (χ0n) is 13.0. The van der Waals surface area contributed by atoms with Crippen LogP contribution in [0.3, 0.4) is 0 Å². The van der Waals surface area contributed by atoms with Crippen LogP contribution >= 0.6 is 0 Å². The minimum atomic E-state index is -0.599. The highest BCUT2D eigenvalue weighted by molar-refractivity contribution is 5.52. The summed E-state index contributed by atoms with van der Waals surface area (Å²) in [5.41, 5.74) is -0.298. The summed E-state index contributed by atoms with van der Waals surface area (Å²) in [5, 5.41) is 19.8. The number of rotatable bonds is 5. The molecule has 0 unspecified atom stereocenters. The van der Waals surface area contributed by atoms with Crippen LogP contribution in [0.15, 0.2) is 72.8 Å². The van der Waals surface area contributed by atoms with E-state index in [1.165, 1.54) is 18.2 Å². The van der Waals surface area contributed by atoms with Crippen molar-refractivity contribution in [2.24, 2.45) is 0 Å². The molecule has 25 heavy (non-hydrogen) atoms. The van der Waals surface area contributed by atoms with Gasteiger partial charge in [0.2, 0.25) is 0 Å². The minimum absolute atomic E-state index is 0.0495. The van der Waals surface area contributed by atoms with Crippen LogP contribution in [0.2, 0.25) is 0 Å². The summed E-state index contributed by atoms with van der Waals surface area (Å²) in [7, 11) is 0. The maximum absolute atomic E-state index is 10.8. The summed E-state index contributed by atoms with van der Waals surface area (Å²) in [6.07, 6.45) is 0. The average molecular weight is 332 g/mol. The number of para-hydroxylation sites is 1. The molecule has 0 aliphatic rings. The van der Waals surface area contributed by atoms with Crippen LogP contribution in [0.4, 0.5) is 5.69 Å². The molecule has 3 rings (SSSR count). The third-order valence-electron chi connectivity index (χ3n) is 3.32. The average Bonchev–Trinajstić information content (AvgIpc) is 2.64. The summed E-state index contributed by atoms with van der Waals surface area (Å²) < 4.78 is 11.3. The van der Waals surface area contributed by atoms with E-state index >= 15 is 0 Å². The van der Waals surface area contributed by atoms with Gasteiger partial charge in [-0.2, -0.15) is 5.26 Å². The second kappa shape index (κ2) is 7.15. The number of nitriles is 1. The van der Waals surface area contributed by atoms with Gasteiger partial charge < -0.3 is 9.47 Å². The Morgan fingerprint density at radius 3 is 1.88 bits per heavy atom. The van der Waals surface area contributed by atoms with Crippen LogP contribution in [0.25, 0.3) is 0 Å². The summed E-state index contributed by atoms with van der Waals surface area (Å²) >= 11 is 0. The normalized spacial score (nSPS) is 9.88. The molecule has 0 aliphatic heterocycles. The zero-order chi connectivity index (χ0) is 17.6. The summed E-state index contributed by atoms with van der Waals surface area (Å²) in [5.74, 6) is 2.25. The number of nitro benzene ring substituents is 1. The SMILES string of the molecule is N#Cc1cc(Oc2ccc(Oc3ccccc3)cc2)ccc1[N+](=O)[O-]. The maximum atomic E-state index is 10.8. The molecule has 0 spiro atoms. The molecule has 0 heterocycles. The van der Waals surface area contributed by atoms with Crippen LogP contribution in [-0.4, -0.2) is 4.92 Å². The van der Waals surface area contributed by atoms with Crippen molar-refractivity contribution in [3.63, 3.8) is 0 Å². The largest absolute Gasteiger partial charge is 0.457 e. The summed E-state index contributed by atoms with van der Waals surface area (Å²) in [4.78, 5) is 10.2. The quantitative estimate of drug-likeness (QED) is 0.482. The lowest BCUT2D eigenvalue weighted by Gasteiger charge is -2.08. The molecule has 0 radical (unpaired) electrons. The van der Waals surface area contributed by atoms with E-state index in [4.69, 9.17) is 14.7 Å². The first-order valence-electron chi connectivity index (χ1n) is 7.35. The van der Waals surface area contributed by atoms with Crippen LogP contribution in [-0.2, 0) is 0 Å². The van der Waals surface area contributed by atoms with Crippen molar-refractivity contribution >= 4 is 5.69 Å². The molecule has 6 heteroatoms. The van der Waals surface area contributed by atoms with Crippen molar-refractivity contribution < 1.29 is 14.4 Å². The molecule has 0 aliphatic carbocycles. The van der Waals surface area contributed by atoms with Crippen molar-refractivity contribution in [3.8, 4) is 29.1 Å². The van der Waals surface area contributed by atoms with E-state index in [1.807, 2.05) is 30.3 Å². The van der Waals surface area contributed by atoms with Gasteiger partial charge in [-0.05, 0) is 42.5 Å². The Balaban J connectivity index is 1.73. The minimum Gasteiger partial charge on any atom is -0.457 e. The third-order valence-corrected chi connectivity index (χ3v) is 3.32. The zero-order valence-corrected chi connectivity index (χ0v) is 13.0. The number of nitro groups is 1. The summed E-state index contributed by atoms with van der Waals surface area (Å²) in [6.45, 7) is 0. The molecule has 0 fully saturated rings. The first-order valence-corrected chi connectivity index (χ1v) is 7.35. The van der Waals surface area contributed by atoms with E-state index in [1.54, 1.807) is 30.3 Å². The molecule has 0 saturated carbocycles. The second-order valence-electron chi connectivity index (χ2n) is 5.04. The van der Waals surface area contributed by atoms with Crippen LogP contribution in [0.5, 0.6) is 23.0 Å². The van der Waals surface area contributed by atoms with Gasteiger partial charge in [0.1, 0.15) is 34.6 Å². The second-order valence-corrected chi connectivity index (χ2v) is 5.04. The number of nitrogens with zero attached hydrogens (tertiary/aromatic N) is 2. The number of benzene rings is 3. The fraction of sp³-hybridized carbons (Fsp3) is 0. The van der Waals surface area contributed by atoms with Crippen molar-refractivity contribution in [2.75, 3.05) is 0 Å². The van der Waals surface area contributed by atoms with E-state index in [2.05, 4.69) is 0 Å². The molecule has 122 valence electrons. The van der Waals surface area contributed by atoms with Crippen LogP contribution in [0.1, 0.15) is 5.56 Å². The molecule has 0 bridgehead atoms. The topological polar surface area (TPSA) is 85.4 Å². The van der Waals surface area contributed by atoms with Gasteiger partial charge in [-0.3, -0.25) is 10.1 Å². The molecule has 0 N–H and O–H groups in total. The monoisotopic (exact) mass is 332 g/mol. The van der Waals surface area contributed by atoms with Gasteiger partial charge in [-0.15, -0.1) is 0 Å². The first kappa shape index (κ1) is 16.0. The lowest BCUT2D eigenvalue weighted by Crippen LogP contribution is -1.93. The van der Waals surface area contributed by atoms with E-state index in [0.717, 1.165) is 5.75 Å². The van der Waals surface area contributed by atoms with Gasteiger partial charge in [-0.25, -0.2) is 0 Å². The highest BCUT2D eigenvalue weighted by Gasteiger charge is 2.14. The fourth-order valence-electron chi connectivity index (χ4n) is 2.16. The van der Waals surface area contributed by atoms with Gasteiger partial charge in [0, 0.05) is 12.1 Å². The van der Waals surface area contributed by atoms with Crippen LogP contribution < -0.4 is 9.47 Å². The predicted molar refractivity (Wildman–Crippen MR) is 90.8 cm³/mol. The Morgan fingerprint density at radius 2 is 1.32 bits per heavy atom. The summed E-state index contributed by atoms with van der Waals surface area (Å²) in [6, 6.07) is 22.1. The Bertz CT molecular complexity index is 932. The first-order chi connectivity index (χ1) is 12.2. The lowest BCUT2D eigenvalue weighted by atomic mass is 10.2. The number of hydrogen-bond acceptors (Lipinski definition) is 5. The Labute approximate surface area is 143 Å². The van der Waals surface area contributed by atoms with Crippen molar-refractivity contribution in [3.05, 3.63) is 88.5 Å². The van der Waals surface area contributed by atoms with Crippen molar-refractivity contribution in [2.45, 2.75) is 0 Å². The van der Waals surface area contributed by atoms with Gasteiger partial charge in [0.25, 0.3) is 5.69 Å². The molecule has 6 nitrogen and oxygen atoms in total. The van der Waals surface area contributed by atoms with Crippen molar-refractivity contribution in [1.82, 2.24) is 0 Å². The molecule has 0 aromatic heterocycles. The maximum Gasteiger partial charge on any atom is 0.287 e. The van der Waals surface area contributed by atoms with Gasteiger partial charge in [0.05, 0.1) is 4.92 Å². The van der Waals surface area contributed by atoms with E-state index < -0.39 is 4.92 Å². The molecule has 3 aromatic carbocycles. The Morgan fingerprint density at radius 1 is 0.800 bits per heavy atom. The number of ether oxygens (including phenoxy) is 2. The molecule has 3 aromatic rings. The Kier molecular flexibility index (Phi) is 4.58. The fourth-order valence-corrected chi connectivity index (χ4v) is 2.16. The molecule has 0 amide bonds. The predicted octanol–water partition coefficient (Wildman–Crippen LogP) is 5.05. The molecular formula is C19H12N2O4.